The lowest BCUT2D eigenvalue weighted by Crippen LogP contribution is -2.46. The Kier molecular flexibility index (Phi) is 5.04. The molecule has 2 aliphatic heterocycles. The van der Waals surface area contributed by atoms with E-state index in [1.54, 1.807) is 0 Å². The largest absolute Gasteiger partial charge is 0.302 e. The Morgan fingerprint density at radius 2 is 1.89 bits per heavy atom. The zero-order chi connectivity index (χ0) is 11.5. The molecule has 1 aromatic carbocycles. The maximum Gasteiger partial charge on any atom is 0.0597 e. The van der Waals surface area contributed by atoms with Crippen molar-refractivity contribution in [1.82, 2.24) is 10.2 Å². The first kappa shape index (κ1) is 13.9. The van der Waals surface area contributed by atoms with Gasteiger partial charge in [-0.15, -0.1) is 12.4 Å². The summed E-state index contributed by atoms with van der Waals surface area (Å²) in [4.78, 5) is 2.66. The quantitative estimate of drug-likeness (QED) is 0.885. The Labute approximate surface area is 116 Å². The summed E-state index contributed by atoms with van der Waals surface area (Å²) in [7, 11) is 0. The molecule has 0 aromatic heterocycles. The van der Waals surface area contributed by atoms with Crippen LogP contribution in [-0.2, 0) is 0 Å². The summed E-state index contributed by atoms with van der Waals surface area (Å²) in [5.74, 6) is 0.743. The molecule has 2 heterocycles. The van der Waals surface area contributed by atoms with E-state index in [1.807, 2.05) is 0 Å². The molecule has 2 atom stereocenters. The molecule has 0 spiro atoms. The Morgan fingerprint density at radius 3 is 2.61 bits per heavy atom. The Morgan fingerprint density at radius 1 is 1.06 bits per heavy atom. The van der Waals surface area contributed by atoms with Crippen LogP contribution in [0.4, 0.5) is 0 Å². The molecule has 0 saturated carbocycles. The third-order valence-corrected chi connectivity index (χ3v) is 4.20. The molecule has 2 saturated heterocycles. The monoisotopic (exact) mass is 266 g/mol. The van der Waals surface area contributed by atoms with Crippen LogP contribution in [0.15, 0.2) is 30.3 Å². The van der Waals surface area contributed by atoms with Crippen LogP contribution < -0.4 is 5.32 Å². The van der Waals surface area contributed by atoms with Crippen LogP contribution in [0.5, 0.6) is 0 Å². The number of benzene rings is 1. The van der Waals surface area contributed by atoms with Crippen LogP contribution >= 0.6 is 12.4 Å². The standard InChI is InChI=1S/C15H22N2.ClH/c1-2-6-13(7-3-1)14-8-5-11-17(12-14)15-9-4-10-16-15;/h1-3,6-7,14-16H,4-5,8-12H2;1H. The van der Waals surface area contributed by atoms with Gasteiger partial charge in [-0.2, -0.15) is 0 Å². The minimum Gasteiger partial charge on any atom is -0.302 e. The first-order valence-corrected chi connectivity index (χ1v) is 6.96. The van der Waals surface area contributed by atoms with Gasteiger partial charge in [-0.05, 0) is 50.3 Å². The highest BCUT2D eigenvalue weighted by Crippen LogP contribution is 2.28. The van der Waals surface area contributed by atoms with Crippen molar-refractivity contribution in [3.8, 4) is 0 Å². The summed E-state index contributed by atoms with van der Waals surface area (Å²) in [5.41, 5.74) is 1.52. The molecule has 18 heavy (non-hydrogen) atoms. The molecule has 2 nitrogen and oxygen atoms in total. The number of halogens is 1. The first-order chi connectivity index (χ1) is 8.43. The average Bonchev–Trinajstić information content (AvgIpc) is 2.94. The number of nitrogens with one attached hydrogen (secondary N) is 1. The van der Waals surface area contributed by atoms with Crippen LogP contribution in [-0.4, -0.2) is 30.7 Å². The van der Waals surface area contributed by atoms with Crippen LogP contribution in [0, 0.1) is 0 Å². The fourth-order valence-corrected chi connectivity index (χ4v) is 3.26. The molecule has 1 aromatic rings. The predicted molar refractivity (Wildman–Crippen MR) is 78.3 cm³/mol. The SMILES string of the molecule is Cl.c1ccc(C2CCCN(C3CCCN3)C2)cc1. The molecule has 100 valence electrons. The number of nitrogens with zero attached hydrogens (tertiary/aromatic N) is 1. The number of hydrogen-bond acceptors (Lipinski definition) is 2. The van der Waals surface area contributed by atoms with Gasteiger partial charge in [0.05, 0.1) is 6.17 Å². The number of likely N-dealkylation sites (tertiary alicyclic amines) is 1. The van der Waals surface area contributed by atoms with Crippen LogP contribution in [0.1, 0.15) is 37.2 Å². The van der Waals surface area contributed by atoms with E-state index in [9.17, 15) is 0 Å². The highest BCUT2D eigenvalue weighted by atomic mass is 35.5. The Balaban J connectivity index is 0.00000120. The van der Waals surface area contributed by atoms with Crippen molar-refractivity contribution >= 4 is 12.4 Å². The molecule has 2 aliphatic rings. The van der Waals surface area contributed by atoms with Crippen molar-refractivity contribution in [2.45, 2.75) is 37.8 Å². The number of hydrogen-bond donors (Lipinski definition) is 1. The lowest BCUT2D eigenvalue weighted by molar-refractivity contribution is 0.137. The minimum absolute atomic E-state index is 0. The molecule has 0 aliphatic carbocycles. The van der Waals surface area contributed by atoms with E-state index >= 15 is 0 Å². The third kappa shape index (κ3) is 3.05. The molecule has 0 bridgehead atoms. The van der Waals surface area contributed by atoms with E-state index in [1.165, 1.54) is 50.9 Å². The third-order valence-electron chi connectivity index (χ3n) is 4.20. The Hall–Kier alpha value is -0.570. The van der Waals surface area contributed by atoms with Gasteiger partial charge in [0.1, 0.15) is 0 Å². The number of rotatable bonds is 2. The van der Waals surface area contributed by atoms with Crippen molar-refractivity contribution in [3.63, 3.8) is 0 Å². The summed E-state index contributed by atoms with van der Waals surface area (Å²) < 4.78 is 0. The fraction of sp³-hybridized carbons (Fsp3) is 0.600. The van der Waals surface area contributed by atoms with Gasteiger partial charge in [0, 0.05) is 6.54 Å². The van der Waals surface area contributed by atoms with E-state index in [0.717, 1.165) is 5.92 Å². The predicted octanol–water partition coefficient (Wildman–Crippen LogP) is 3.00. The summed E-state index contributed by atoms with van der Waals surface area (Å²) >= 11 is 0. The highest BCUT2D eigenvalue weighted by Gasteiger charge is 2.27. The van der Waals surface area contributed by atoms with Crippen molar-refractivity contribution in [1.29, 1.82) is 0 Å². The first-order valence-electron chi connectivity index (χ1n) is 6.96. The summed E-state index contributed by atoms with van der Waals surface area (Å²) in [6.07, 6.45) is 6.03. The average molecular weight is 267 g/mol. The molecular formula is C15H23ClN2. The molecule has 0 amide bonds. The minimum atomic E-state index is 0. The van der Waals surface area contributed by atoms with Gasteiger partial charge in [0.25, 0.3) is 0 Å². The van der Waals surface area contributed by atoms with Gasteiger partial charge in [-0.25, -0.2) is 0 Å². The second kappa shape index (κ2) is 6.55. The van der Waals surface area contributed by atoms with E-state index in [2.05, 4.69) is 40.5 Å². The molecule has 2 fully saturated rings. The van der Waals surface area contributed by atoms with Crippen molar-refractivity contribution in [3.05, 3.63) is 35.9 Å². The van der Waals surface area contributed by atoms with Gasteiger partial charge >= 0.3 is 0 Å². The number of piperidine rings is 1. The van der Waals surface area contributed by atoms with Crippen molar-refractivity contribution < 1.29 is 0 Å². The van der Waals surface area contributed by atoms with Crippen molar-refractivity contribution in [2.75, 3.05) is 19.6 Å². The molecule has 3 rings (SSSR count). The van der Waals surface area contributed by atoms with E-state index in [0.29, 0.717) is 6.17 Å². The second-order valence-corrected chi connectivity index (χ2v) is 5.36. The van der Waals surface area contributed by atoms with Gasteiger partial charge in [-0.1, -0.05) is 30.3 Å². The van der Waals surface area contributed by atoms with Crippen molar-refractivity contribution in [2.24, 2.45) is 0 Å². The fourth-order valence-electron chi connectivity index (χ4n) is 3.26. The topological polar surface area (TPSA) is 15.3 Å². The smallest absolute Gasteiger partial charge is 0.0597 e. The lowest BCUT2D eigenvalue weighted by Gasteiger charge is -2.37. The van der Waals surface area contributed by atoms with Crippen LogP contribution in [0.3, 0.4) is 0 Å². The van der Waals surface area contributed by atoms with Gasteiger partial charge in [-0.3, -0.25) is 4.90 Å². The molecule has 3 heteroatoms. The van der Waals surface area contributed by atoms with Crippen LogP contribution in [0.2, 0.25) is 0 Å². The van der Waals surface area contributed by atoms with E-state index in [-0.39, 0.29) is 12.4 Å². The molecule has 0 radical (unpaired) electrons. The highest BCUT2D eigenvalue weighted by molar-refractivity contribution is 5.85. The maximum atomic E-state index is 3.62. The normalized spacial score (nSPS) is 28.9. The maximum absolute atomic E-state index is 3.62. The van der Waals surface area contributed by atoms with Gasteiger partial charge in [0.15, 0.2) is 0 Å². The summed E-state index contributed by atoms with van der Waals surface area (Å²) in [6.45, 7) is 3.72. The summed E-state index contributed by atoms with van der Waals surface area (Å²) in [6, 6.07) is 11.0. The molecule has 1 N–H and O–H groups in total. The van der Waals surface area contributed by atoms with E-state index < -0.39 is 0 Å². The van der Waals surface area contributed by atoms with Gasteiger partial charge in [0.2, 0.25) is 0 Å². The Bertz CT molecular complexity index is 349. The zero-order valence-electron chi connectivity index (χ0n) is 10.8. The lowest BCUT2D eigenvalue weighted by atomic mass is 9.90. The second-order valence-electron chi connectivity index (χ2n) is 5.36. The molecule has 2 unspecified atom stereocenters. The summed E-state index contributed by atoms with van der Waals surface area (Å²) in [5, 5.41) is 3.62. The zero-order valence-corrected chi connectivity index (χ0v) is 11.7. The van der Waals surface area contributed by atoms with Gasteiger partial charge < -0.3 is 5.32 Å². The van der Waals surface area contributed by atoms with Crippen LogP contribution in [0.25, 0.3) is 0 Å². The van der Waals surface area contributed by atoms with E-state index in [4.69, 9.17) is 0 Å². The molecular weight excluding hydrogens is 244 g/mol.